The predicted molar refractivity (Wildman–Crippen MR) is 303 cm³/mol. The summed E-state index contributed by atoms with van der Waals surface area (Å²) in [6.07, 6.45) is 8.08. The molecule has 6 rings (SSSR count). The fourth-order valence-electron chi connectivity index (χ4n) is 10.3. The normalized spacial score (nSPS) is 14.3. The molecule has 0 aromatic heterocycles. The molecule has 0 radical (unpaired) electrons. The molecule has 6 heteroatoms. The van der Waals surface area contributed by atoms with Gasteiger partial charge in [0, 0.05) is 0 Å². The van der Waals surface area contributed by atoms with Gasteiger partial charge in [-0.2, -0.15) is 0 Å². The summed E-state index contributed by atoms with van der Waals surface area (Å²) < 4.78 is 0. The van der Waals surface area contributed by atoms with E-state index in [1.165, 1.54) is 32.3 Å². The van der Waals surface area contributed by atoms with Crippen molar-refractivity contribution in [2.24, 2.45) is 0 Å². The molecule has 0 fully saturated rings. The number of phenols is 2. The molecule has 0 amide bonds. The monoisotopic (exact) mass is 1050 g/mol. The van der Waals surface area contributed by atoms with Gasteiger partial charge in [0.1, 0.15) is 0 Å². The molecule has 0 unspecified atom stereocenters. The second-order valence-electron chi connectivity index (χ2n) is 23.4. The van der Waals surface area contributed by atoms with Crippen LogP contribution in [0.25, 0.3) is 0 Å². The van der Waals surface area contributed by atoms with Gasteiger partial charge >= 0.3 is 419 Å². The van der Waals surface area contributed by atoms with Crippen LogP contribution < -0.4 is 21.2 Å². The van der Waals surface area contributed by atoms with Gasteiger partial charge in [0.05, 0.1) is 0 Å². The Morgan fingerprint density at radius 1 is 0.348 bits per heavy atom. The molecule has 0 bridgehead atoms. The quantitative estimate of drug-likeness (QED) is 0.0795. The van der Waals surface area contributed by atoms with Gasteiger partial charge in [-0.3, -0.25) is 0 Å². The Hall–Kier alpha value is -3.26. The van der Waals surface area contributed by atoms with Crippen molar-refractivity contribution in [3.05, 3.63) is 179 Å². The second kappa shape index (κ2) is 19.3. The zero-order valence-corrected chi connectivity index (χ0v) is 47.0. The van der Waals surface area contributed by atoms with E-state index in [4.69, 9.17) is 31.0 Å². The maximum absolute atomic E-state index is 11.8. The molecule has 0 aliphatic heterocycles. The van der Waals surface area contributed by atoms with E-state index in [0.29, 0.717) is 11.5 Å². The first-order chi connectivity index (χ1) is 30.7. The van der Waals surface area contributed by atoms with E-state index in [2.05, 4.69) is 229 Å². The number of halogens is 2. The molecule has 6 aromatic rings. The van der Waals surface area contributed by atoms with Crippen molar-refractivity contribution < 1.29 is 10.2 Å². The summed E-state index contributed by atoms with van der Waals surface area (Å²) in [5, 5.41) is 22.9. The van der Waals surface area contributed by atoms with Crippen LogP contribution in [0.3, 0.4) is 0 Å². The number of hydrogen-bond donors (Lipinski definition) is 2. The average molecular weight is 1050 g/mol. The molecule has 0 saturated carbocycles. The Morgan fingerprint density at radius 3 is 0.758 bits per heavy atom. The summed E-state index contributed by atoms with van der Waals surface area (Å²) in [6.45, 7) is 26.5. The number of benzene rings is 6. The zero-order chi connectivity index (χ0) is 48.5. The van der Waals surface area contributed by atoms with Crippen LogP contribution in [0.1, 0.15) is 142 Å². The zero-order valence-electron chi connectivity index (χ0n) is 42.1. The van der Waals surface area contributed by atoms with E-state index >= 15 is 0 Å². The average Bonchev–Trinajstić information content (AvgIpc) is 3.26. The Balaban J connectivity index is 1.40. The molecule has 6 aromatic carbocycles. The molecule has 354 valence electrons. The molecular weight excluding hydrogens is 974 g/mol. The summed E-state index contributed by atoms with van der Waals surface area (Å²) in [5.74, 6) is 0.857. The van der Waals surface area contributed by atoms with Crippen LogP contribution in [-0.2, 0) is 34.0 Å². The summed E-state index contributed by atoms with van der Waals surface area (Å²) in [6, 6.07) is 54.2. The fraction of sp³-hybridized carbons (Fsp3) is 0.400. The van der Waals surface area contributed by atoms with Gasteiger partial charge in [-0.25, -0.2) is 0 Å². The topological polar surface area (TPSA) is 40.5 Å². The molecule has 2 nitrogen and oxygen atoms in total. The first kappa shape index (κ1) is 52.1. The third kappa shape index (κ3) is 10.8. The first-order valence-corrected chi connectivity index (χ1v) is 33.4. The maximum atomic E-state index is 11.8. The Morgan fingerprint density at radius 2 is 0.561 bits per heavy atom. The minimum atomic E-state index is -3.11. The molecule has 0 saturated heterocycles. The first-order valence-electron chi connectivity index (χ1n) is 24.1. The number of rotatable bonds is 15. The van der Waals surface area contributed by atoms with Crippen molar-refractivity contribution in [1.29, 1.82) is 0 Å². The number of phenolic OH excluding ortho intramolecular Hbond substituents is 2. The Bertz CT molecular complexity index is 2250. The molecule has 0 atom stereocenters. The molecule has 66 heavy (non-hydrogen) atoms. The van der Waals surface area contributed by atoms with E-state index in [0.717, 1.165) is 72.6 Å². The second-order valence-corrected chi connectivity index (χ2v) is 42.7. The van der Waals surface area contributed by atoms with Crippen molar-refractivity contribution >= 4 is 62.8 Å². The van der Waals surface area contributed by atoms with Crippen LogP contribution in [0.5, 0.6) is 11.5 Å². The van der Waals surface area contributed by atoms with Crippen LogP contribution >= 0.6 is 41.6 Å². The molecule has 0 heterocycles. The van der Waals surface area contributed by atoms with E-state index in [1.54, 1.807) is 0 Å². The molecule has 0 aliphatic carbocycles. The molecule has 0 spiro atoms. The minimum absolute atomic E-state index is 0.223. The van der Waals surface area contributed by atoms with Crippen molar-refractivity contribution in [3.63, 3.8) is 0 Å². The van der Waals surface area contributed by atoms with Crippen LogP contribution in [0, 0.1) is 0 Å². The fourth-order valence-corrected chi connectivity index (χ4v) is 26.1. The van der Waals surface area contributed by atoms with Crippen LogP contribution in [-0.4, -0.2) is 22.5 Å². The van der Waals surface area contributed by atoms with Crippen molar-refractivity contribution in [3.8, 4) is 11.5 Å². The van der Waals surface area contributed by atoms with Gasteiger partial charge in [0.15, 0.2) is 0 Å². The molecule has 0 aliphatic rings. The number of hydrogen-bond acceptors (Lipinski definition) is 2. The van der Waals surface area contributed by atoms with Gasteiger partial charge in [0.2, 0.25) is 0 Å². The molecule has 2 N–H and O–H groups in total. The van der Waals surface area contributed by atoms with Gasteiger partial charge in [-0.1, -0.05) is 0 Å². The predicted octanol–water partition coefficient (Wildman–Crippen LogP) is 16.6. The van der Waals surface area contributed by atoms with Gasteiger partial charge < -0.3 is 0 Å². The van der Waals surface area contributed by atoms with E-state index < -0.39 is 10.6 Å². The van der Waals surface area contributed by atoms with E-state index in [1.807, 2.05) is 0 Å². The van der Waals surface area contributed by atoms with Gasteiger partial charge in [-0.05, 0) is 0 Å². The van der Waals surface area contributed by atoms with Crippen molar-refractivity contribution in [2.45, 2.75) is 143 Å². The SMILES string of the molecule is CC(C)(C)c1cc(CP(Br)(CCCCCCP(Br)(Cc2cc(C(C)(C)C)c(O)c(C(C)(C)C)c2)(c2ccccc2)c2ccccc2)(c2ccccc2)c2ccccc2)cc(C(C)(C)C)c1O. The van der Waals surface area contributed by atoms with Crippen LogP contribution in [0.15, 0.2) is 146 Å². The Kier molecular flexibility index (Phi) is 15.2. The third-order valence-electron chi connectivity index (χ3n) is 14.0. The number of aromatic hydroxyl groups is 2. The van der Waals surface area contributed by atoms with Crippen molar-refractivity contribution in [2.75, 3.05) is 12.3 Å². The Labute approximate surface area is 415 Å². The third-order valence-corrected chi connectivity index (χ3v) is 33.0. The summed E-state index contributed by atoms with van der Waals surface area (Å²) in [5.41, 5.74) is 5.68. The summed E-state index contributed by atoms with van der Waals surface area (Å²) in [7, 11) is 0. The molecular formula is C60H78Br2O2P2. The summed E-state index contributed by atoms with van der Waals surface area (Å²) in [4.78, 5) is 0. The van der Waals surface area contributed by atoms with E-state index in [9.17, 15) is 10.2 Å². The van der Waals surface area contributed by atoms with Gasteiger partial charge in [-0.15, -0.1) is 0 Å². The number of unbranched alkanes of at least 4 members (excludes halogenated alkanes) is 3. The summed E-state index contributed by atoms with van der Waals surface area (Å²) >= 11 is 9.63. The van der Waals surface area contributed by atoms with Crippen LogP contribution in [0.4, 0.5) is 0 Å². The van der Waals surface area contributed by atoms with Gasteiger partial charge in [0.25, 0.3) is 0 Å². The van der Waals surface area contributed by atoms with Crippen molar-refractivity contribution in [1.82, 2.24) is 0 Å². The van der Waals surface area contributed by atoms with Crippen LogP contribution in [0.2, 0.25) is 0 Å². The standard InChI is InChI=1S/C60H78Br2O2P2/c1-57(2,3)51-39-45(40-52(55(51)63)58(4,5)6)43-65(61,47-29-19-15-20-30-47,48-31-21-16-22-32-48)37-27-13-14-28-38-66(62,49-33-23-17-24-34-49,50-35-25-18-26-36-50)44-46-41-53(59(7,8)9)56(64)54(42-46)60(10,11)12/h15-26,29-36,39-42,63-64H,13-14,27-28,37-38,43-44H2,1-12H3. The van der Waals surface area contributed by atoms with E-state index in [-0.39, 0.29) is 21.7 Å².